The summed E-state index contributed by atoms with van der Waals surface area (Å²) in [6.07, 6.45) is 2.04. The molecule has 162 valence electrons. The molecule has 3 aromatic carbocycles. The highest BCUT2D eigenvalue weighted by molar-refractivity contribution is 6.33. The Bertz CT molecular complexity index is 1430. The van der Waals surface area contributed by atoms with Crippen LogP contribution in [0.25, 0.3) is 44.8 Å². The van der Waals surface area contributed by atoms with Crippen LogP contribution in [0.3, 0.4) is 0 Å². The fourth-order valence-corrected chi connectivity index (χ4v) is 4.67. The van der Waals surface area contributed by atoms with Crippen LogP contribution in [-0.2, 0) is 0 Å². The van der Waals surface area contributed by atoms with Crippen molar-refractivity contribution in [1.29, 1.82) is 0 Å². The first-order valence-electron chi connectivity index (χ1n) is 10.9. The molecule has 0 saturated carbocycles. The maximum absolute atomic E-state index is 14.4. The van der Waals surface area contributed by atoms with E-state index in [1.165, 1.54) is 11.6 Å². The van der Waals surface area contributed by atoms with Crippen molar-refractivity contribution in [3.05, 3.63) is 71.0 Å². The molecule has 0 atom stereocenters. The summed E-state index contributed by atoms with van der Waals surface area (Å²) >= 11 is 6.25. The SMILES string of the molecule is CCC(CC)n1c(-c2ccc3nc(-c4c(F)cccc4Cl)[nH]c3c2)nc2ccc(C)cc21. The largest absolute Gasteiger partial charge is 0.338 e. The minimum atomic E-state index is -0.400. The number of imidazole rings is 2. The monoisotopic (exact) mass is 446 g/mol. The zero-order valence-electron chi connectivity index (χ0n) is 18.3. The molecule has 1 N–H and O–H groups in total. The van der Waals surface area contributed by atoms with Crippen molar-refractivity contribution in [3.63, 3.8) is 0 Å². The number of halogens is 2. The lowest BCUT2D eigenvalue weighted by Gasteiger charge is -2.19. The van der Waals surface area contributed by atoms with E-state index in [0.717, 1.165) is 46.3 Å². The van der Waals surface area contributed by atoms with Gasteiger partial charge in [0.2, 0.25) is 0 Å². The number of benzene rings is 3. The average Bonchev–Trinajstić information content (AvgIpc) is 3.35. The van der Waals surface area contributed by atoms with Crippen molar-refractivity contribution in [2.24, 2.45) is 0 Å². The second-order valence-corrected chi connectivity index (χ2v) is 8.59. The Morgan fingerprint density at radius 2 is 1.78 bits per heavy atom. The molecule has 0 spiro atoms. The molecule has 5 aromatic rings. The first-order valence-corrected chi connectivity index (χ1v) is 11.3. The molecule has 4 nitrogen and oxygen atoms in total. The van der Waals surface area contributed by atoms with Crippen molar-refractivity contribution in [3.8, 4) is 22.8 Å². The van der Waals surface area contributed by atoms with E-state index in [2.05, 4.69) is 53.5 Å². The highest BCUT2D eigenvalue weighted by atomic mass is 35.5. The summed E-state index contributed by atoms with van der Waals surface area (Å²) in [6, 6.07) is 17.4. The van der Waals surface area contributed by atoms with Crippen molar-refractivity contribution in [2.45, 2.75) is 39.7 Å². The van der Waals surface area contributed by atoms with Gasteiger partial charge in [-0.15, -0.1) is 0 Å². The summed E-state index contributed by atoms with van der Waals surface area (Å²) in [6.45, 7) is 6.53. The molecule has 2 heterocycles. The Morgan fingerprint density at radius 1 is 1.00 bits per heavy atom. The molecular formula is C26H24ClFN4. The molecule has 0 aliphatic carbocycles. The number of H-pyrrole nitrogens is 1. The van der Waals surface area contributed by atoms with Gasteiger partial charge in [0.1, 0.15) is 17.5 Å². The molecule has 32 heavy (non-hydrogen) atoms. The number of rotatable bonds is 5. The van der Waals surface area contributed by atoms with Crippen LogP contribution in [0, 0.1) is 12.7 Å². The minimum absolute atomic E-state index is 0.284. The van der Waals surface area contributed by atoms with E-state index in [0.29, 0.717) is 16.9 Å². The molecule has 5 rings (SSSR count). The first-order chi connectivity index (χ1) is 15.5. The number of nitrogens with one attached hydrogen (secondary N) is 1. The van der Waals surface area contributed by atoms with Crippen LogP contribution >= 0.6 is 11.6 Å². The van der Waals surface area contributed by atoms with E-state index in [-0.39, 0.29) is 5.56 Å². The summed E-state index contributed by atoms with van der Waals surface area (Å²) in [5, 5.41) is 0.329. The Morgan fingerprint density at radius 3 is 2.53 bits per heavy atom. The molecule has 0 radical (unpaired) electrons. The highest BCUT2D eigenvalue weighted by Crippen LogP contribution is 2.34. The van der Waals surface area contributed by atoms with Crippen LogP contribution in [0.1, 0.15) is 38.3 Å². The molecule has 2 aromatic heterocycles. The van der Waals surface area contributed by atoms with E-state index in [1.807, 2.05) is 18.2 Å². The van der Waals surface area contributed by atoms with Gasteiger partial charge in [-0.2, -0.15) is 0 Å². The number of hydrogen-bond acceptors (Lipinski definition) is 2. The molecule has 0 aliphatic heterocycles. The number of aromatic amines is 1. The number of nitrogens with zero attached hydrogens (tertiary/aromatic N) is 3. The third-order valence-electron chi connectivity index (χ3n) is 6.09. The summed E-state index contributed by atoms with van der Waals surface area (Å²) in [4.78, 5) is 12.8. The maximum atomic E-state index is 14.4. The highest BCUT2D eigenvalue weighted by Gasteiger charge is 2.20. The molecular weight excluding hydrogens is 423 g/mol. The molecule has 0 aliphatic rings. The topological polar surface area (TPSA) is 46.5 Å². The standard InChI is InChI=1S/C26H24ClFN4/c1-4-17(5-2)32-23-13-15(3)9-11-21(23)31-26(32)16-10-12-20-22(14-16)30-25(29-20)24-18(27)7-6-8-19(24)28/h6-14,17H,4-5H2,1-3H3,(H,29,30). The van der Waals surface area contributed by atoms with Gasteiger partial charge in [-0.1, -0.05) is 37.6 Å². The molecule has 0 bridgehead atoms. The number of aromatic nitrogens is 4. The van der Waals surface area contributed by atoms with E-state index >= 15 is 0 Å². The molecule has 0 fully saturated rings. The van der Waals surface area contributed by atoms with Gasteiger partial charge in [-0.3, -0.25) is 0 Å². The van der Waals surface area contributed by atoms with Crippen molar-refractivity contribution in [1.82, 2.24) is 19.5 Å². The average molecular weight is 447 g/mol. The lowest BCUT2D eigenvalue weighted by atomic mass is 10.1. The molecule has 0 saturated heterocycles. The lowest BCUT2D eigenvalue weighted by molar-refractivity contribution is 0.487. The molecule has 0 unspecified atom stereocenters. The predicted molar refractivity (Wildman–Crippen MR) is 130 cm³/mol. The van der Waals surface area contributed by atoms with Crippen LogP contribution in [0.4, 0.5) is 4.39 Å². The van der Waals surface area contributed by atoms with E-state index in [9.17, 15) is 4.39 Å². The molecule has 0 amide bonds. The van der Waals surface area contributed by atoms with Crippen LogP contribution in [0.5, 0.6) is 0 Å². The Hall–Kier alpha value is -3.18. The van der Waals surface area contributed by atoms with Crippen molar-refractivity contribution >= 4 is 33.7 Å². The second kappa shape index (κ2) is 8.06. The Labute approximate surface area is 191 Å². The summed E-state index contributed by atoms with van der Waals surface area (Å²) < 4.78 is 16.8. The van der Waals surface area contributed by atoms with Gasteiger partial charge >= 0.3 is 0 Å². The lowest BCUT2D eigenvalue weighted by Crippen LogP contribution is -2.08. The smallest absolute Gasteiger partial charge is 0.142 e. The Kier molecular flexibility index (Phi) is 5.22. The third-order valence-corrected chi connectivity index (χ3v) is 6.41. The normalized spacial score (nSPS) is 11.8. The van der Waals surface area contributed by atoms with Gasteiger partial charge in [-0.05, 0) is 67.8 Å². The maximum Gasteiger partial charge on any atom is 0.142 e. The fraction of sp³-hybridized carbons (Fsp3) is 0.231. The van der Waals surface area contributed by atoms with Gasteiger partial charge in [0.05, 0.1) is 32.7 Å². The van der Waals surface area contributed by atoms with Crippen LogP contribution in [0.15, 0.2) is 54.6 Å². The van der Waals surface area contributed by atoms with Gasteiger partial charge in [0.15, 0.2) is 0 Å². The van der Waals surface area contributed by atoms with Crippen LogP contribution in [-0.4, -0.2) is 19.5 Å². The zero-order valence-corrected chi connectivity index (χ0v) is 19.0. The van der Waals surface area contributed by atoms with Gasteiger partial charge in [0, 0.05) is 11.6 Å². The van der Waals surface area contributed by atoms with Crippen molar-refractivity contribution in [2.75, 3.05) is 0 Å². The minimum Gasteiger partial charge on any atom is -0.338 e. The summed E-state index contributed by atoms with van der Waals surface area (Å²) in [5.74, 6) is 0.952. The molecule has 6 heteroatoms. The summed E-state index contributed by atoms with van der Waals surface area (Å²) in [7, 11) is 0. The quantitative estimate of drug-likeness (QED) is 0.300. The van der Waals surface area contributed by atoms with E-state index < -0.39 is 5.82 Å². The predicted octanol–water partition coefficient (Wildman–Crippen LogP) is 7.71. The van der Waals surface area contributed by atoms with Gasteiger partial charge in [0.25, 0.3) is 0 Å². The van der Waals surface area contributed by atoms with Gasteiger partial charge in [-0.25, -0.2) is 14.4 Å². The second-order valence-electron chi connectivity index (χ2n) is 8.18. The first kappa shape index (κ1) is 20.7. The Balaban J connectivity index is 1.69. The number of fused-ring (bicyclic) bond motifs is 2. The number of aryl methyl sites for hydroxylation is 1. The third kappa shape index (κ3) is 3.37. The van der Waals surface area contributed by atoms with Crippen LogP contribution < -0.4 is 0 Å². The van der Waals surface area contributed by atoms with E-state index in [4.69, 9.17) is 16.6 Å². The summed E-state index contributed by atoms with van der Waals surface area (Å²) in [5.41, 5.74) is 6.20. The fourth-order valence-electron chi connectivity index (χ4n) is 4.42. The van der Waals surface area contributed by atoms with Crippen LogP contribution in [0.2, 0.25) is 5.02 Å². The van der Waals surface area contributed by atoms with Gasteiger partial charge < -0.3 is 9.55 Å². The van der Waals surface area contributed by atoms with E-state index in [1.54, 1.807) is 12.1 Å². The van der Waals surface area contributed by atoms with Crippen molar-refractivity contribution < 1.29 is 4.39 Å². The number of hydrogen-bond donors (Lipinski definition) is 1. The zero-order chi connectivity index (χ0) is 22.4.